The second-order valence-corrected chi connectivity index (χ2v) is 4.20. The van der Waals surface area contributed by atoms with Crippen LogP contribution in [0.2, 0.25) is 5.02 Å². The summed E-state index contributed by atoms with van der Waals surface area (Å²) in [6.45, 7) is 1.97. The molecule has 90 valence electrons. The van der Waals surface area contributed by atoms with Gasteiger partial charge < -0.3 is 11.1 Å². The van der Waals surface area contributed by atoms with Crippen molar-refractivity contribution in [1.82, 2.24) is 5.32 Å². The number of nitrogens with two attached hydrogens (primary N) is 1. The molecule has 1 aromatic rings. The van der Waals surface area contributed by atoms with Crippen LogP contribution in [0.4, 0.5) is 5.69 Å². The number of benzene rings is 1. The number of nitrogen functional groups attached to an aromatic ring is 1. The van der Waals surface area contributed by atoms with Crippen molar-refractivity contribution in [3.63, 3.8) is 0 Å². The lowest BCUT2D eigenvalue weighted by atomic mass is 10.1. The van der Waals surface area contributed by atoms with E-state index in [9.17, 15) is 4.79 Å². The van der Waals surface area contributed by atoms with Crippen LogP contribution in [0.25, 0.3) is 0 Å². The van der Waals surface area contributed by atoms with Crippen molar-refractivity contribution in [3.8, 4) is 12.3 Å². The number of carbonyl (C=O) groups is 1. The van der Waals surface area contributed by atoms with Crippen LogP contribution in [0, 0.1) is 12.3 Å². The van der Waals surface area contributed by atoms with Gasteiger partial charge in [-0.15, -0.1) is 12.3 Å². The second kappa shape index (κ2) is 6.17. The topological polar surface area (TPSA) is 55.1 Å². The number of halogens is 1. The van der Waals surface area contributed by atoms with Gasteiger partial charge in [-0.1, -0.05) is 18.5 Å². The number of amides is 1. The van der Waals surface area contributed by atoms with Crippen LogP contribution < -0.4 is 11.1 Å². The van der Waals surface area contributed by atoms with Gasteiger partial charge in [-0.05, 0) is 24.6 Å². The van der Waals surface area contributed by atoms with Crippen LogP contribution in [0.1, 0.15) is 30.1 Å². The van der Waals surface area contributed by atoms with Gasteiger partial charge in [0, 0.05) is 28.7 Å². The summed E-state index contributed by atoms with van der Waals surface area (Å²) in [5.74, 6) is 2.33. The van der Waals surface area contributed by atoms with Gasteiger partial charge in [0.25, 0.3) is 5.91 Å². The quantitative estimate of drug-likeness (QED) is 0.637. The zero-order valence-electron chi connectivity index (χ0n) is 9.66. The number of rotatable bonds is 4. The summed E-state index contributed by atoms with van der Waals surface area (Å²) in [6, 6.07) is 4.74. The Morgan fingerprint density at radius 3 is 2.82 bits per heavy atom. The molecule has 3 N–H and O–H groups in total. The van der Waals surface area contributed by atoms with E-state index in [0.29, 0.717) is 22.7 Å². The molecule has 4 heteroatoms. The van der Waals surface area contributed by atoms with E-state index in [-0.39, 0.29) is 11.9 Å². The monoisotopic (exact) mass is 250 g/mol. The number of hydrogen-bond donors (Lipinski definition) is 2. The fourth-order valence-electron chi connectivity index (χ4n) is 1.45. The number of hydrogen-bond acceptors (Lipinski definition) is 2. The Labute approximate surface area is 106 Å². The molecule has 0 saturated carbocycles. The maximum absolute atomic E-state index is 11.9. The first-order valence-electron chi connectivity index (χ1n) is 5.37. The number of nitrogens with one attached hydrogen (secondary N) is 1. The van der Waals surface area contributed by atoms with Crippen LogP contribution in [-0.2, 0) is 0 Å². The summed E-state index contributed by atoms with van der Waals surface area (Å²) in [4.78, 5) is 11.9. The largest absolute Gasteiger partial charge is 0.399 e. The second-order valence-electron chi connectivity index (χ2n) is 3.76. The first kappa shape index (κ1) is 13.4. The van der Waals surface area contributed by atoms with Crippen LogP contribution in [0.15, 0.2) is 18.2 Å². The maximum Gasteiger partial charge on any atom is 0.251 e. The zero-order valence-corrected chi connectivity index (χ0v) is 10.4. The SMILES string of the molecule is C#CCC(CC)NC(=O)c1cc(N)cc(Cl)c1. The average molecular weight is 251 g/mol. The van der Waals surface area contributed by atoms with Crippen molar-refractivity contribution in [1.29, 1.82) is 0 Å². The molecular weight excluding hydrogens is 236 g/mol. The third-order valence-corrected chi connectivity index (χ3v) is 2.59. The van der Waals surface area contributed by atoms with Gasteiger partial charge in [0.05, 0.1) is 0 Å². The Morgan fingerprint density at radius 1 is 1.59 bits per heavy atom. The predicted octanol–water partition coefficient (Wildman–Crippen LogP) is 2.45. The van der Waals surface area contributed by atoms with E-state index in [1.807, 2.05) is 6.92 Å². The van der Waals surface area contributed by atoms with Crippen molar-refractivity contribution in [3.05, 3.63) is 28.8 Å². The fourth-order valence-corrected chi connectivity index (χ4v) is 1.70. The molecule has 0 spiro atoms. The van der Waals surface area contributed by atoms with E-state index in [1.165, 1.54) is 0 Å². The Morgan fingerprint density at radius 2 is 2.29 bits per heavy atom. The summed E-state index contributed by atoms with van der Waals surface area (Å²) in [5.41, 5.74) is 6.54. The number of terminal acetylenes is 1. The van der Waals surface area contributed by atoms with Gasteiger partial charge in [0.1, 0.15) is 0 Å². The van der Waals surface area contributed by atoms with Gasteiger partial charge in [-0.3, -0.25) is 4.79 Å². The zero-order chi connectivity index (χ0) is 12.8. The van der Waals surface area contributed by atoms with Gasteiger partial charge in [-0.25, -0.2) is 0 Å². The van der Waals surface area contributed by atoms with Gasteiger partial charge in [0.2, 0.25) is 0 Å². The molecule has 0 radical (unpaired) electrons. The van der Waals surface area contributed by atoms with E-state index >= 15 is 0 Å². The van der Waals surface area contributed by atoms with Crippen molar-refractivity contribution in [2.45, 2.75) is 25.8 Å². The Hall–Kier alpha value is -1.66. The van der Waals surface area contributed by atoms with Crippen LogP contribution >= 0.6 is 11.6 Å². The summed E-state index contributed by atoms with van der Waals surface area (Å²) < 4.78 is 0. The minimum absolute atomic E-state index is 0.0206. The van der Waals surface area contributed by atoms with E-state index in [1.54, 1.807) is 18.2 Å². The molecule has 0 fully saturated rings. The van der Waals surface area contributed by atoms with Crippen molar-refractivity contribution in [2.24, 2.45) is 0 Å². The molecule has 3 nitrogen and oxygen atoms in total. The van der Waals surface area contributed by atoms with Gasteiger partial charge in [0.15, 0.2) is 0 Å². The van der Waals surface area contributed by atoms with Crippen molar-refractivity contribution in [2.75, 3.05) is 5.73 Å². The van der Waals surface area contributed by atoms with Crippen molar-refractivity contribution < 1.29 is 4.79 Å². The highest BCUT2D eigenvalue weighted by Crippen LogP contribution is 2.16. The fraction of sp³-hybridized carbons (Fsp3) is 0.308. The molecule has 1 unspecified atom stereocenters. The minimum atomic E-state index is -0.207. The normalized spacial score (nSPS) is 11.6. The molecule has 0 aliphatic carbocycles. The molecule has 1 atom stereocenters. The predicted molar refractivity (Wildman–Crippen MR) is 70.9 cm³/mol. The maximum atomic E-state index is 11.9. The molecule has 0 aromatic heterocycles. The van der Waals surface area contributed by atoms with E-state index in [4.69, 9.17) is 23.8 Å². The van der Waals surface area contributed by atoms with Crippen LogP contribution in [0.5, 0.6) is 0 Å². The standard InChI is InChI=1S/C13H15ClN2O/c1-3-5-12(4-2)16-13(17)9-6-10(14)8-11(15)7-9/h1,6-8,12H,4-5,15H2,2H3,(H,16,17). The van der Waals surface area contributed by atoms with E-state index < -0.39 is 0 Å². The first-order chi connectivity index (χ1) is 8.06. The third-order valence-electron chi connectivity index (χ3n) is 2.37. The molecule has 0 heterocycles. The first-order valence-corrected chi connectivity index (χ1v) is 5.75. The number of carbonyl (C=O) groups excluding carboxylic acids is 1. The molecule has 1 aromatic carbocycles. The smallest absolute Gasteiger partial charge is 0.251 e. The van der Waals surface area contributed by atoms with Gasteiger partial charge >= 0.3 is 0 Å². The Kier molecular flexibility index (Phi) is 4.86. The summed E-state index contributed by atoms with van der Waals surface area (Å²) in [6.07, 6.45) is 6.52. The number of anilines is 1. The molecule has 0 aliphatic rings. The molecule has 1 rings (SSSR count). The highest BCUT2D eigenvalue weighted by atomic mass is 35.5. The van der Waals surface area contributed by atoms with Crippen molar-refractivity contribution >= 4 is 23.2 Å². The van der Waals surface area contributed by atoms with E-state index in [0.717, 1.165) is 6.42 Å². The third kappa shape index (κ3) is 4.01. The highest BCUT2D eigenvalue weighted by molar-refractivity contribution is 6.31. The average Bonchev–Trinajstić information content (AvgIpc) is 2.27. The molecule has 0 saturated heterocycles. The van der Waals surface area contributed by atoms with Crippen LogP contribution in [0.3, 0.4) is 0 Å². The molecule has 0 aliphatic heterocycles. The van der Waals surface area contributed by atoms with E-state index in [2.05, 4.69) is 11.2 Å². The summed E-state index contributed by atoms with van der Waals surface area (Å²) in [5, 5.41) is 3.29. The highest BCUT2D eigenvalue weighted by Gasteiger charge is 2.12. The summed E-state index contributed by atoms with van der Waals surface area (Å²) in [7, 11) is 0. The Balaban J connectivity index is 2.79. The minimum Gasteiger partial charge on any atom is -0.399 e. The van der Waals surface area contributed by atoms with Crippen LogP contribution in [-0.4, -0.2) is 11.9 Å². The lowest BCUT2D eigenvalue weighted by Gasteiger charge is -2.14. The van der Waals surface area contributed by atoms with Gasteiger partial charge in [-0.2, -0.15) is 0 Å². The lowest BCUT2D eigenvalue weighted by molar-refractivity contribution is 0.0936. The summed E-state index contributed by atoms with van der Waals surface area (Å²) >= 11 is 5.83. The molecule has 17 heavy (non-hydrogen) atoms. The molecule has 0 bridgehead atoms. The molecule has 1 amide bonds. The molecular formula is C13H15ClN2O. The lowest BCUT2D eigenvalue weighted by Crippen LogP contribution is -2.34. The Bertz CT molecular complexity index is 431.